The molecule has 0 bridgehead atoms. The third kappa shape index (κ3) is 2.58. The zero-order valence-electron chi connectivity index (χ0n) is 12.2. The first-order valence-corrected chi connectivity index (χ1v) is 7.45. The number of carbonyl (C=O) groups is 1. The number of hydrogen-bond acceptors (Lipinski definition) is 4. The molecule has 1 aromatic rings. The van der Waals surface area contributed by atoms with Gasteiger partial charge < -0.3 is 19.9 Å². The molecule has 0 radical (unpaired) electrons. The highest BCUT2D eigenvalue weighted by molar-refractivity contribution is 5.86. The highest BCUT2D eigenvalue weighted by Gasteiger charge is 2.53. The van der Waals surface area contributed by atoms with Crippen LogP contribution in [-0.2, 0) is 10.2 Å². The molecule has 0 aromatic heterocycles. The summed E-state index contributed by atoms with van der Waals surface area (Å²) in [5, 5.41) is 12.8. The molecule has 3 rings (SSSR count). The van der Waals surface area contributed by atoms with Gasteiger partial charge in [0.1, 0.15) is 6.10 Å². The zero-order valence-corrected chi connectivity index (χ0v) is 12.2. The molecule has 1 atom stereocenters. The molecule has 0 spiro atoms. The Hall–Kier alpha value is -1.75. The first-order chi connectivity index (χ1) is 10.2. The average Bonchev–Trinajstić information content (AvgIpc) is 3.30. The van der Waals surface area contributed by atoms with Crippen molar-refractivity contribution >= 4 is 5.97 Å². The maximum atomic E-state index is 11.5. The number of nitrogens with one attached hydrogen (secondary N) is 1. The minimum absolute atomic E-state index is 0.114. The minimum atomic E-state index is -0.782. The van der Waals surface area contributed by atoms with Crippen LogP contribution in [0.2, 0.25) is 0 Å². The monoisotopic (exact) mass is 291 g/mol. The fourth-order valence-electron chi connectivity index (χ4n) is 3.02. The summed E-state index contributed by atoms with van der Waals surface area (Å²) in [6.45, 7) is 1.84. The molecule has 1 saturated carbocycles. The van der Waals surface area contributed by atoms with Gasteiger partial charge in [-0.3, -0.25) is 4.79 Å². The molecule has 1 saturated heterocycles. The van der Waals surface area contributed by atoms with Crippen molar-refractivity contribution < 1.29 is 19.4 Å². The molecule has 2 fully saturated rings. The second-order valence-electron chi connectivity index (χ2n) is 5.81. The summed E-state index contributed by atoms with van der Waals surface area (Å²) in [5.74, 6) is 0.441. The molecule has 1 aliphatic carbocycles. The molecule has 1 heterocycles. The van der Waals surface area contributed by atoms with Crippen LogP contribution in [0.1, 0.15) is 31.2 Å². The van der Waals surface area contributed by atoms with Gasteiger partial charge >= 0.3 is 5.97 Å². The number of methoxy groups -OCH3 is 1. The van der Waals surface area contributed by atoms with Gasteiger partial charge in [-0.25, -0.2) is 0 Å². The first-order valence-electron chi connectivity index (χ1n) is 7.45. The van der Waals surface area contributed by atoms with E-state index in [4.69, 9.17) is 9.47 Å². The van der Waals surface area contributed by atoms with E-state index < -0.39 is 11.4 Å². The van der Waals surface area contributed by atoms with Crippen LogP contribution in [-0.4, -0.2) is 37.4 Å². The van der Waals surface area contributed by atoms with E-state index in [2.05, 4.69) is 5.32 Å². The van der Waals surface area contributed by atoms with Crippen molar-refractivity contribution in [3.05, 3.63) is 23.8 Å². The predicted octanol–water partition coefficient (Wildman–Crippen LogP) is 1.94. The Morgan fingerprint density at radius 2 is 2.24 bits per heavy atom. The molecule has 1 aliphatic heterocycles. The molecule has 21 heavy (non-hydrogen) atoms. The molecule has 2 aliphatic rings. The molecule has 5 nitrogen and oxygen atoms in total. The van der Waals surface area contributed by atoms with E-state index in [1.165, 1.54) is 0 Å². The van der Waals surface area contributed by atoms with Crippen LogP contribution in [0.15, 0.2) is 18.2 Å². The lowest BCUT2D eigenvalue weighted by atomic mass is 9.94. The van der Waals surface area contributed by atoms with Crippen molar-refractivity contribution in [2.24, 2.45) is 0 Å². The largest absolute Gasteiger partial charge is 0.493 e. The summed E-state index contributed by atoms with van der Waals surface area (Å²) >= 11 is 0. The average molecular weight is 291 g/mol. The number of para-hydroxylation sites is 1. The maximum absolute atomic E-state index is 11.5. The third-order valence-electron chi connectivity index (χ3n) is 4.40. The van der Waals surface area contributed by atoms with E-state index in [1.54, 1.807) is 7.11 Å². The molecule has 114 valence electrons. The summed E-state index contributed by atoms with van der Waals surface area (Å²) in [5.41, 5.74) is -0.0472. The van der Waals surface area contributed by atoms with Crippen LogP contribution in [0, 0.1) is 0 Å². The number of piperidine rings is 1. The van der Waals surface area contributed by atoms with E-state index >= 15 is 0 Å². The van der Waals surface area contributed by atoms with Gasteiger partial charge in [0, 0.05) is 12.1 Å². The minimum Gasteiger partial charge on any atom is -0.493 e. The number of hydrogen-bond donors (Lipinski definition) is 2. The number of carboxylic acid groups (broad SMARTS) is 1. The highest BCUT2D eigenvalue weighted by atomic mass is 16.5. The van der Waals surface area contributed by atoms with Crippen molar-refractivity contribution in [2.45, 2.75) is 37.2 Å². The highest BCUT2D eigenvalue weighted by Crippen LogP contribution is 2.53. The summed E-state index contributed by atoms with van der Waals surface area (Å²) < 4.78 is 11.5. The number of ether oxygens (including phenoxy) is 2. The van der Waals surface area contributed by atoms with Crippen LogP contribution in [0.5, 0.6) is 11.5 Å². The van der Waals surface area contributed by atoms with Crippen molar-refractivity contribution in [1.82, 2.24) is 5.32 Å². The fraction of sp³-hybridized carbons (Fsp3) is 0.562. The van der Waals surface area contributed by atoms with Gasteiger partial charge in [0.2, 0.25) is 0 Å². The van der Waals surface area contributed by atoms with Crippen LogP contribution in [0.3, 0.4) is 0 Å². The Morgan fingerprint density at radius 1 is 1.43 bits per heavy atom. The van der Waals surface area contributed by atoms with Gasteiger partial charge in [-0.1, -0.05) is 12.1 Å². The van der Waals surface area contributed by atoms with Gasteiger partial charge in [-0.15, -0.1) is 0 Å². The van der Waals surface area contributed by atoms with Gasteiger partial charge in [0.05, 0.1) is 12.5 Å². The van der Waals surface area contributed by atoms with Crippen LogP contribution in [0.4, 0.5) is 0 Å². The van der Waals surface area contributed by atoms with Crippen molar-refractivity contribution in [3.63, 3.8) is 0 Å². The predicted molar refractivity (Wildman–Crippen MR) is 78.1 cm³/mol. The van der Waals surface area contributed by atoms with Gasteiger partial charge in [-0.05, 0) is 38.3 Å². The lowest BCUT2D eigenvalue weighted by Gasteiger charge is -2.26. The van der Waals surface area contributed by atoms with E-state index in [9.17, 15) is 9.90 Å². The lowest BCUT2D eigenvalue weighted by molar-refractivity contribution is -0.140. The smallest absolute Gasteiger partial charge is 0.314 e. The Kier molecular flexibility index (Phi) is 3.76. The molecule has 5 heteroatoms. The number of rotatable bonds is 5. The van der Waals surface area contributed by atoms with E-state index in [0.717, 1.165) is 31.5 Å². The van der Waals surface area contributed by atoms with E-state index in [-0.39, 0.29) is 6.10 Å². The van der Waals surface area contributed by atoms with Crippen LogP contribution >= 0.6 is 0 Å². The summed E-state index contributed by atoms with van der Waals surface area (Å²) in [6.07, 6.45) is 3.53. The SMILES string of the molecule is COc1c(OC2CCCNC2)cccc1C1(C(=O)O)CC1. The Balaban J connectivity index is 1.89. The molecular formula is C16H21NO4. The summed E-state index contributed by atoms with van der Waals surface area (Å²) in [6, 6.07) is 5.55. The molecule has 1 unspecified atom stereocenters. The van der Waals surface area contributed by atoms with Crippen LogP contribution in [0.25, 0.3) is 0 Å². The molecular weight excluding hydrogens is 270 g/mol. The Morgan fingerprint density at radius 3 is 2.81 bits per heavy atom. The van der Waals surface area contributed by atoms with Crippen molar-refractivity contribution in [1.29, 1.82) is 0 Å². The summed E-state index contributed by atoms with van der Waals surface area (Å²) in [7, 11) is 1.57. The number of carboxylic acids is 1. The van der Waals surface area contributed by atoms with E-state index in [0.29, 0.717) is 24.3 Å². The standard InChI is InChI=1S/C16H21NO4/c1-20-14-12(16(7-8-16)15(18)19)5-2-6-13(14)21-11-4-3-9-17-10-11/h2,5-6,11,17H,3-4,7-10H2,1H3,(H,18,19). The Labute approximate surface area is 124 Å². The number of benzene rings is 1. The summed E-state index contributed by atoms with van der Waals surface area (Å²) in [4.78, 5) is 11.5. The molecule has 0 amide bonds. The van der Waals surface area contributed by atoms with Gasteiger partial charge in [0.25, 0.3) is 0 Å². The van der Waals surface area contributed by atoms with Crippen molar-refractivity contribution in [3.8, 4) is 11.5 Å². The van der Waals surface area contributed by atoms with Crippen LogP contribution < -0.4 is 14.8 Å². The maximum Gasteiger partial charge on any atom is 0.314 e. The third-order valence-corrected chi connectivity index (χ3v) is 4.40. The van der Waals surface area contributed by atoms with Crippen molar-refractivity contribution in [2.75, 3.05) is 20.2 Å². The zero-order chi connectivity index (χ0) is 14.9. The quantitative estimate of drug-likeness (QED) is 0.868. The van der Waals surface area contributed by atoms with Gasteiger partial charge in [0.15, 0.2) is 11.5 Å². The lowest BCUT2D eigenvalue weighted by Crippen LogP contribution is -2.37. The Bertz CT molecular complexity index is 533. The molecule has 2 N–H and O–H groups in total. The van der Waals surface area contributed by atoms with E-state index in [1.807, 2.05) is 18.2 Å². The number of aliphatic carboxylic acids is 1. The normalized spacial score (nSPS) is 23.4. The second kappa shape index (κ2) is 5.56. The first kappa shape index (κ1) is 14.2. The second-order valence-corrected chi connectivity index (χ2v) is 5.81. The molecule has 1 aromatic carbocycles. The van der Waals surface area contributed by atoms with Gasteiger partial charge in [-0.2, -0.15) is 0 Å². The fourth-order valence-corrected chi connectivity index (χ4v) is 3.02. The topological polar surface area (TPSA) is 67.8 Å².